The van der Waals surface area contributed by atoms with Gasteiger partial charge in [-0.15, -0.1) is 0 Å². The molecule has 1 atom stereocenters. The van der Waals surface area contributed by atoms with E-state index < -0.39 is 23.5 Å². The molecule has 1 aliphatic heterocycles. The number of alkyl halides is 3. The van der Waals surface area contributed by atoms with Gasteiger partial charge < -0.3 is 4.90 Å². The van der Waals surface area contributed by atoms with Crippen LogP contribution in [0.1, 0.15) is 50.8 Å². The van der Waals surface area contributed by atoms with Gasteiger partial charge in [0, 0.05) is 32.2 Å². The number of amides is 1. The third-order valence-corrected chi connectivity index (χ3v) is 6.53. The molecule has 2 fully saturated rings. The molecule has 1 amide bonds. The number of aromatic nitrogens is 2. The maximum atomic E-state index is 13.4. The lowest BCUT2D eigenvalue weighted by atomic mass is 9.94. The Kier molecular flexibility index (Phi) is 6.05. The highest BCUT2D eigenvalue weighted by atomic mass is 19.4. The van der Waals surface area contributed by atoms with Gasteiger partial charge in [-0.05, 0) is 31.9 Å². The molecule has 0 radical (unpaired) electrons. The van der Waals surface area contributed by atoms with E-state index in [9.17, 15) is 22.8 Å². The van der Waals surface area contributed by atoms with Gasteiger partial charge in [0.1, 0.15) is 6.04 Å². The van der Waals surface area contributed by atoms with E-state index in [-0.39, 0.29) is 16.9 Å². The lowest BCUT2D eigenvalue weighted by molar-refractivity contribution is -0.143. The number of halogens is 3. The molecule has 1 aromatic heterocycles. The topological polar surface area (TPSA) is 58.4 Å². The van der Waals surface area contributed by atoms with Gasteiger partial charge in [-0.1, -0.05) is 31.4 Å². The molecular weight excluding hydrogens is 409 g/mol. The van der Waals surface area contributed by atoms with Crippen LogP contribution in [0.2, 0.25) is 0 Å². The first kappa shape index (κ1) is 21.8. The first-order valence-electron chi connectivity index (χ1n) is 10.9. The predicted octanol–water partition coefficient (Wildman–Crippen LogP) is 3.45. The van der Waals surface area contributed by atoms with Crippen molar-refractivity contribution in [3.05, 3.63) is 40.3 Å². The van der Waals surface area contributed by atoms with Crippen LogP contribution in [0.3, 0.4) is 0 Å². The molecule has 2 aromatic rings. The zero-order chi connectivity index (χ0) is 22.2. The number of carbonyl (C=O) groups is 1. The first-order valence-corrected chi connectivity index (χ1v) is 10.9. The Balaban J connectivity index is 1.58. The van der Waals surface area contributed by atoms with E-state index in [0.29, 0.717) is 19.1 Å². The maximum absolute atomic E-state index is 13.4. The van der Waals surface area contributed by atoms with E-state index >= 15 is 0 Å². The van der Waals surface area contributed by atoms with Crippen LogP contribution in [0.4, 0.5) is 13.2 Å². The average Bonchev–Trinajstić information content (AvgIpc) is 2.78. The Morgan fingerprint density at radius 1 is 1.06 bits per heavy atom. The Labute approximate surface area is 178 Å². The molecule has 1 aromatic carbocycles. The van der Waals surface area contributed by atoms with Crippen LogP contribution >= 0.6 is 0 Å². The maximum Gasteiger partial charge on any atom is 0.438 e. The predicted molar refractivity (Wildman–Crippen MR) is 111 cm³/mol. The molecule has 0 unspecified atom stereocenters. The van der Waals surface area contributed by atoms with E-state index in [1.54, 1.807) is 17.0 Å². The van der Waals surface area contributed by atoms with Gasteiger partial charge in [0.25, 0.3) is 5.56 Å². The SMILES string of the molecule is C[C@@H](C(=O)N1CCN(C2CCCCC2)CC1)n1c(=O)c(C(F)(F)F)nc2ccccc21. The molecule has 1 saturated carbocycles. The molecular formula is C22H27F3N4O2. The molecule has 2 heterocycles. The third-order valence-electron chi connectivity index (χ3n) is 6.53. The lowest BCUT2D eigenvalue weighted by Gasteiger charge is -2.41. The number of hydrogen-bond donors (Lipinski definition) is 0. The van der Waals surface area contributed by atoms with Crippen LogP contribution < -0.4 is 5.56 Å². The second-order valence-electron chi connectivity index (χ2n) is 8.45. The fourth-order valence-corrected chi connectivity index (χ4v) is 4.85. The molecule has 1 saturated heterocycles. The summed E-state index contributed by atoms with van der Waals surface area (Å²) in [5.74, 6) is -0.338. The Bertz CT molecular complexity index is 1010. The number of fused-ring (bicyclic) bond motifs is 1. The molecule has 2 aliphatic rings. The van der Waals surface area contributed by atoms with Crippen LogP contribution in [0.5, 0.6) is 0 Å². The van der Waals surface area contributed by atoms with Crippen molar-refractivity contribution in [1.29, 1.82) is 0 Å². The summed E-state index contributed by atoms with van der Waals surface area (Å²) in [6, 6.07) is 5.62. The summed E-state index contributed by atoms with van der Waals surface area (Å²) >= 11 is 0. The number of para-hydroxylation sites is 2. The molecule has 168 valence electrons. The number of carbonyl (C=O) groups excluding carboxylic acids is 1. The fourth-order valence-electron chi connectivity index (χ4n) is 4.85. The normalized spacial score (nSPS) is 20.2. The Hall–Kier alpha value is -2.42. The minimum Gasteiger partial charge on any atom is -0.338 e. The summed E-state index contributed by atoms with van der Waals surface area (Å²) in [5, 5.41) is 0. The van der Waals surface area contributed by atoms with Crippen molar-refractivity contribution in [2.75, 3.05) is 26.2 Å². The van der Waals surface area contributed by atoms with E-state index in [1.165, 1.54) is 51.2 Å². The van der Waals surface area contributed by atoms with Crippen LogP contribution in [0, 0.1) is 0 Å². The van der Waals surface area contributed by atoms with Crippen LogP contribution in [-0.2, 0) is 11.0 Å². The van der Waals surface area contributed by atoms with Crippen LogP contribution in [0.25, 0.3) is 11.0 Å². The first-order chi connectivity index (χ1) is 14.8. The minimum absolute atomic E-state index is 0.0381. The molecule has 1 aliphatic carbocycles. The van der Waals surface area contributed by atoms with Crippen LogP contribution in [0.15, 0.2) is 29.1 Å². The molecule has 0 bridgehead atoms. The number of piperazine rings is 1. The van der Waals surface area contributed by atoms with Crippen molar-refractivity contribution in [1.82, 2.24) is 19.4 Å². The summed E-state index contributed by atoms with van der Waals surface area (Å²) in [7, 11) is 0. The molecule has 0 spiro atoms. The number of rotatable bonds is 3. The summed E-state index contributed by atoms with van der Waals surface area (Å²) in [6.07, 6.45) is 1.23. The van der Waals surface area contributed by atoms with Gasteiger partial charge >= 0.3 is 6.18 Å². The number of benzene rings is 1. The molecule has 6 nitrogen and oxygen atoms in total. The average molecular weight is 436 g/mol. The van der Waals surface area contributed by atoms with Crippen LogP contribution in [-0.4, -0.2) is 57.5 Å². The fraction of sp³-hybridized carbons (Fsp3) is 0.591. The van der Waals surface area contributed by atoms with Crippen molar-refractivity contribution >= 4 is 16.9 Å². The quantitative estimate of drug-likeness (QED) is 0.740. The monoisotopic (exact) mass is 436 g/mol. The summed E-state index contributed by atoms with van der Waals surface area (Å²) in [4.78, 5) is 33.5. The van der Waals surface area contributed by atoms with Gasteiger partial charge in [0.15, 0.2) is 0 Å². The van der Waals surface area contributed by atoms with E-state index in [0.717, 1.165) is 17.7 Å². The second-order valence-corrected chi connectivity index (χ2v) is 8.45. The van der Waals surface area contributed by atoms with Gasteiger partial charge in [0.05, 0.1) is 11.0 Å². The van der Waals surface area contributed by atoms with Gasteiger partial charge in [-0.25, -0.2) is 4.98 Å². The zero-order valence-corrected chi connectivity index (χ0v) is 17.6. The Morgan fingerprint density at radius 2 is 1.71 bits per heavy atom. The molecule has 0 N–H and O–H groups in total. The largest absolute Gasteiger partial charge is 0.438 e. The van der Waals surface area contributed by atoms with E-state index in [1.807, 2.05) is 0 Å². The summed E-state index contributed by atoms with van der Waals surface area (Å²) in [6.45, 7) is 4.03. The van der Waals surface area contributed by atoms with E-state index in [4.69, 9.17) is 0 Å². The van der Waals surface area contributed by atoms with Crippen molar-refractivity contribution < 1.29 is 18.0 Å². The zero-order valence-electron chi connectivity index (χ0n) is 17.6. The van der Waals surface area contributed by atoms with Gasteiger partial charge in [0.2, 0.25) is 11.6 Å². The van der Waals surface area contributed by atoms with Crippen molar-refractivity contribution in [3.63, 3.8) is 0 Å². The van der Waals surface area contributed by atoms with Gasteiger partial charge in [-0.2, -0.15) is 13.2 Å². The highest BCUT2D eigenvalue weighted by molar-refractivity contribution is 5.83. The number of hydrogen-bond acceptors (Lipinski definition) is 4. The summed E-state index contributed by atoms with van der Waals surface area (Å²) < 4.78 is 41.2. The van der Waals surface area contributed by atoms with Crippen molar-refractivity contribution in [3.8, 4) is 0 Å². The highest BCUT2D eigenvalue weighted by Gasteiger charge is 2.39. The van der Waals surface area contributed by atoms with Crippen molar-refractivity contribution in [2.45, 2.75) is 57.3 Å². The molecule has 31 heavy (non-hydrogen) atoms. The smallest absolute Gasteiger partial charge is 0.338 e. The standard InChI is InChI=1S/C22H27F3N4O2/c1-15(20(30)28-13-11-27(12-14-28)16-7-3-2-4-8-16)29-18-10-6-5-9-17(18)26-19(21(29)31)22(23,24)25/h5-6,9-10,15-16H,2-4,7-8,11-14H2,1H3/t15-/m0/s1. The minimum atomic E-state index is -4.89. The lowest BCUT2D eigenvalue weighted by Crippen LogP contribution is -2.53. The van der Waals surface area contributed by atoms with E-state index in [2.05, 4.69) is 9.88 Å². The molecule has 9 heteroatoms. The number of nitrogens with zero attached hydrogens (tertiary/aromatic N) is 4. The molecule has 4 rings (SSSR count). The summed E-state index contributed by atoms with van der Waals surface area (Å²) in [5.41, 5.74) is -2.51. The van der Waals surface area contributed by atoms with Crippen molar-refractivity contribution in [2.24, 2.45) is 0 Å². The Morgan fingerprint density at radius 3 is 2.35 bits per heavy atom. The third kappa shape index (κ3) is 4.33. The second kappa shape index (κ2) is 8.61. The highest BCUT2D eigenvalue weighted by Crippen LogP contribution is 2.28. The van der Waals surface area contributed by atoms with Gasteiger partial charge in [-0.3, -0.25) is 19.1 Å².